The Morgan fingerprint density at radius 3 is 2.47 bits per heavy atom. The molecule has 4 atom stereocenters. The van der Waals surface area contributed by atoms with Gasteiger partial charge >= 0.3 is 5.97 Å². The van der Waals surface area contributed by atoms with Crippen molar-refractivity contribution in [2.24, 2.45) is 5.92 Å². The van der Waals surface area contributed by atoms with Crippen LogP contribution in [-0.4, -0.2) is 69.3 Å². The van der Waals surface area contributed by atoms with E-state index in [1.165, 1.54) is 32.4 Å². The minimum atomic E-state index is -4.20. The summed E-state index contributed by atoms with van der Waals surface area (Å²) < 4.78 is 37.9. The lowest BCUT2D eigenvalue weighted by molar-refractivity contribution is -0.139. The number of carboxylic acid groups (broad SMARTS) is 1. The minimum Gasteiger partial charge on any atom is -0.493 e. The SMILES string of the molecule is CC[C@@H](CC(NS(=O)(=O)c1ccc(OC)c(OC)c1)C(=O)O)C(O)C1NCCC1=O. The number of aliphatic hydroxyl groups excluding tert-OH is 1. The molecule has 0 aromatic heterocycles. The number of ketones is 1. The minimum absolute atomic E-state index is 0.140. The number of carbonyl (C=O) groups excluding carboxylic acids is 1. The highest BCUT2D eigenvalue weighted by atomic mass is 32.2. The van der Waals surface area contributed by atoms with Gasteiger partial charge in [-0.2, -0.15) is 4.72 Å². The number of benzene rings is 1. The summed E-state index contributed by atoms with van der Waals surface area (Å²) in [5.74, 6) is -1.61. The van der Waals surface area contributed by atoms with Crippen molar-refractivity contribution >= 4 is 21.8 Å². The van der Waals surface area contributed by atoms with Gasteiger partial charge in [-0.15, -0.1) is 0 Å². The number of carbonyl (C=O) groups is 2. The molecule has 10 nitrogen and oxygen atoms in total. The topological polar surface area (TPSA) is 151 Å². The average Bonchev–Trinajstić information content (AvgIpc) is 3.15. The number of ether oxygens (including phenoxy) is 2. The van der Waals surface area contributed by atoms with Crippen molar-refractivity contribution in [1.82, 2.24) is 10.0 Å². The van der Waals surface area contributed by atoms with Crippen molar-refractivity contribution in [2.45, 2.75) is 49.3 Å². The third kappa shape index (κ3) is 5.48. The summed E-state index contributed by atoms with van der Waals surface area (Å²) in [6, 6.07) is 1.65. The van der Waals surface area contributed by atoms with Gasteiger partial charge in [0.2, 0.25) is 10.0 Å². The molecule has 0 spiro atoms. The van der Waals surface area contributed by atoms with Gasteiger partial charge in [-0.05, 0) is 24.5 Å². The van der Waals surface area contributed by atoms with E-state index in [4.69, 9.17) is 9.47 Å². The molecule has 1 aliphatic heterocycles. The fourth-order valence-corrected chi connectivity index (χ4v) is 4.71. The maximum absolute atomic E-state index is 12.8. The lowest BCUT2D eigenvalue weighted by atomic mass is 9.87. The number of sulfonamides is 1. The predicted octanol–water partition coefficient (Wildman–Crippen LogP) is 0.144. The largest absolute Gasteiger partial charge is 0.493 e. The number of nitrogens with one attached hydrogen (secondary N) is 2. The number of hydrogen-bond donors (Lipinski definition) is 4. The maximum atomic E-state index is 12.8. The summed E-state index contributed by atoms with van der Waals surface area (Å²) in [6.07, 6.45) is -0.621. The van der Waals surface area contributed by atoms with E-state index >= 15 is 0 Å². The molecule has 168 valence electrons. The fourth-order valence-electron chi connectivity index (χ4n) is 3.49. The molecule has 1 aliphatic rings. The van der Waals surface area contributed by atoms with Crippen molar-refractivity contribution < 1.29 is 37.7 Å². The normalized spacial score (nSPS) is 19.9. The zero-order valence-corrected chi connectivity index (χ0v) is 17.9. The molecule has 0 saturated carbocycles. The molecular weight excluding hydrogens is 416 g/mol. The summed E-state index contributed by atoms with van der Waals surface area (Å²) in [6.45, 7) is 2.19. The predicted molar refractivity (Wildman–Crippen MR) is 107 cm³/mol. The van der Waals surface area contributed by atoms with Crippen LogP contribution in [0.1, 0.15) is 26.2 Å². The highest BCUT2D eigenvalue weighted by molar-refractivity contribution is 7.89. The van der Waals surface area contributed by atoms with E-state index in [0.717, 1.165) is 0 Å². The number of carboxylic acids is 1. The fraction of sp³-hybridized carbons (Fsp3) is 0.579. The lowest BCUT2D eigenvalue weighted by Crippen LogP contribution is -2.48. The van der Waals surface area contributed by atoms with Gasteiger partial charge in [-0.25, -0.2) is 8.42 Å². The second-order valence-electron chi connectivity index (χ2n) is 7.07. The van der Waals surface area contributed by atoms with Gasteiger partial charge in [-0.3, -0.25) is 9.59 Å². The molecular formula is C19H28N2O8S. The summed E-state index contributed by atoms with van der Waals surface area (Å²) in [7, 11) is -1.44. The molecule has 1 aromatic carbocycles. The van der Waals surface area contributed by atoms with Gasteiger partial charge < -0.3 is 25.0 Å². The Balaban J connectivity index is 2.21. The van der Waals surface area contributed by atoms with Crippen molar-refractivity contribution in [3.05, 3.63) is 18.2 Å². The van der Waals surface area contributed by atoms with Gasteiger partial charge in [-0.1, -0.05) is 13.3 Å². The van der Waals surface area contributed by atoms with Crippen molar-refractivity contribution in [2.75, 3.05) is 20.8 Å². The monoisotopic (exact) mass is 444 g/mol. The van der Waals surface area contributed by atoms with Crippen LogP contribution in [0.4, 0.5) is 0 Å². The van der Waals surface area contributed by atoms with Crippen molar-refractivity contribution in [3.8, 4) is 11.5 Å². The zero-order chi connectivity index (χ0) is 22.5. The number of Topliss-reactive ketones (excluding diaryl/α,β-unsaturated/α-hetero) is 1. The molecule has 1 saturated heterocycles. The first-order valence-electron chi connectivity index (χ1n) is 9.55. The van der Waals surface area contributed by atoms with Gasteiger partial charge in [0.25, 0.3) is 0 Å². The average molecular weight is 445 g/mol. The van der Waals surface area contributed by atoms with E-state index in [0.29, 0.717) is 25.1 Å². The number of aliphatic hydroxyl groups is 1. The van der Waals surface area contributed by atoms with E-state index in [2.05, 4.69) is 10.0 Å². The van der Waals surface area contributed by atoms with Crippen LogP contribution in [0.3, 0.4) is 0 Å². The van der Waals surface area contributed by atoms with Crippen LogP contribution in [0.2, 0.25) is 0 Å². The molecule has 0 bridgehead atoms. The Bertz CT molecular complexity index is 873. The quantitative estimate of drug-likeness (QED) is 0.374. The Morgan fingerprint density at radius 2 is 1.97 bits per heavy atom. The van der Waals surface area contributed by atoms with Crippen LogP contribution in [0.25, 0.3) is 0 Å². The summed E-state index contributed by atoms with van der Waals surface area (Å²) in [4.78, 5) is 23.5. The molecule has 2 rings (SSSR count). The Labute approximate surface area is 175 Å². The molecule has 11 heteroatoms. The van der Waals surface area contributed by atoms with Crippen LogP contribution < -0.4 is 19.5 Å². The number of rotatable bonds is 11. The molecule has 0 amide bonds. The van der Waals surface area contributed by atoms with Crippen molar-refractivity contribution in [1.29, 1.82) is 0 Å². The second-order valence-corrected chi connectivity index (χ2v) is 8.79. The molecule has 30 heavy (non-hydrogen) atoms. The standard InChI is InChI=1S/C19H28N2O8S/c1-4-11(18(23)17-14(22)7-8-20-17)9-13(19(24)25)21-30(26,27)12-5-6-15(28-2)16(10-12)29-3/h5-6,10-11,13,17-18,20-21,23H,4,7-9H2,1-3H3,(H,24,25)/t11-,13?,17?,18?/m0/s1. The van der Waals surface area contributed by atoms with E-state index < -0.39 is 40.1 Å². The smallest absolute Gasteiger partial charge is 0.321 e. The molecule has 1 aromatic rings. The third-order valence-corrected chi connectivity index (χ3v) is 6.70. The highest BCUT2D eigenvalue weighted by Crippen LogP contribution is 2.30. The maximum Gasteiger partial charge on any atom is 0.321 e. The van der Waals surface area contributed by atoms with E-state index in [-0.39, 0.29) is 22.8 Å². The molecule has 1 fully saturated rings. The van der Waals surface area contributed by atoms with Crippen LogP contribution in [0.5, 0.6) is 11.5 Å². The summed E-state index contributed by atoms with van der Waals surface area (Å²) in [5.41, 5.74) is 0. The molecule has 3 unspecified atom stereocenters. The molecule has 4 N–H and O–H groups in total. The third-order valence-electron chi connectivity index (χ3n) is 5.23. The van der Waals surface area contributed by atoms with Crippen LogP contribution in [-0.2, 0) is 19.6 Å². The second kappa shape index (κ2) is 10.2. The van der Waals surface area contributed by atoms with Gasteiger partial charge in [0.15, 0.2) is 17.3 Å². The first kappa shape index (κ1) is 24.1. The number of methoxy groups -OCH3 is 2. The van der Waals surface area contributed by atoms with Crippen LogP contribution >= 0.6 is 0 Å². The molecule has 0 aliphatic carbocycles. The van der Waals surface area contributed by atoms with Crippen molar-refractivity contribution in [3.63, 3.8) is 0 Å². The van der Waals surface area contributed by atoms with Crippen LogP contribution in [0, 0.1) is 5.92 Å². The van der Waals surface area contributed by atoms with Crippen LogP contribution in [0.15, 0.2) is 23.1 Å². The Morgan fingerprint density at radius 1 is 1.30 bits per heavy atom. The Hall–Kier alpha value is -2.21. The number of hydrogen-bond acceptors (Lipinski definition) is 8. The lowest BCUT2D eigenvalue weighted by Gasteiger charge is -2.28. The van der Waals surface area contributed by atoms with Gasteiger partial charge in [0.05, 0.1) is 31.3 Å². The number of aliphatic carboxylic acids is 1. The Kier molecular flexibility index (Phi) is 8.18. The van der Waals surface area contributed by atoms with E-state index in [1.807, 2.05) is 0 Å². The van der Waals surface area contributed by atoms with Gasteiger partial charge in [0.1, 0.15) is 6.04 Å². The first-order chi connectivity index (χ1) is 14.1. The highest BCUT2D eigenvalue weighted by Gasteiger charge is 2.37. The summed E-state index contributed by atoms with van der Waals surface area (Å²) >= 11 is 0. The zero-order valence-electron chi connectivity index (χ0n) is 17.1. The summed E-state index contributed by atoms with van der Waals surface area (Å²) in [5, 5.41) is 23.1. The molecule has 1 heterocycles. The molecule has 0 radical (unpaired) electrons. The van der Waals surface area contributed by atoms with E-state index in [1.54, 1.807) is 6.92 Å². The van der Waals surface area contributed by atoms with Gasteiger partial charge in [0, 0.05) is 19.0 Å². The van der Waals surface area contributed by atoms with E-state index in [9.17, 15) is 28.2 Å². The first-order valence-corrected chi connectivity index (χ1v) is 11.0.